The van der Waals surface area contributed by atoms with Gasteiger partial charge in [0.1, 0.15) is 11.4 Å². The van der Waals surface area contributed by atoms with Crippen molar-refractivity contribution in [2.75, 3.05) is 71.0 Å². The number of methoxy groups -OCH3 is 1. The van der Waals surface area contributed by atoms with Crippen LogP contribution in [0.1, 0.15) is 87.2 Å². The molecule has 56 heavy (non-hydrogen) atoms. The third kappa shape index (κ3) is 7.90. The Kier molecular flexibility index (Phi) is 11.6. The molecule has 2 saturated heterocycles. The molecule has 306 valence electrons. The quantitative estimate of drug-likeness (QED) is 0.350. The number of carbonyl (C=O) groups is 1. The molecule has 1 amide bonds. The Morgan fingerprint density at radius 3 is 2.61 bits per heavy atom. The van der Waals surface area contributed by atoms with Gasteiger partial charge in [0.25, 0.3) is 5.91 Å². The van der Waals surface area contributed by atoms with Crippen LogP contribution >= 0.6 is 11.6 Å². The predicted molar refractivity (Wildman–Crippen MR) is 221 cm³/mol. The number of fused-ring (bicyclic) bond motifs is 4. The summed E-state index contributed by atoms with van der Waals surface area (Å²) in [5.41, 5.74) is 2.90. The smallest absolute Gasteiger partial charge is 0.264 e. The van der Waals surface area contributed by atoms with Gasteiger partial charge < -0.3 is 19.1 Å². The molecule has 3 fully saturated rings. The van der Waals surface area contributed by atoms with Crippen LogP contribution < -0.4 is 14.4 Å². The minimum Gasteiger partial charge on any atom is -0.490 e. The van der Waals surface area contributed by atoms with Crippen molar-refractivity contribution in [3.8, 4) is 5.75 Å². The van der Waals surface area contributed by atoms with E-state index in [2.05, 4.69) is 50.6 Å². The van der Waals surface area contributed by atoms with Crippen molar-refractivity contribution < 1.29 is 27.4 Å². The van der Waals surface area contributed by atoms with Crippen LogP contribution in [0.4, 0.5) is 5.69 Å². The molecule has 2 bridgehead atoms. The lowest BCUT2D eigenvalue weighted by molar-refractivity contribution is -0.0985. The Morgan fingerprint density at radius 2 is 1.86 bits per heavy atom. The van der Waals surface area contributed by atoms with Crippen molar-refractivity contribution in [1.29, 1.82) is 0 Å². The molecule has 1 N–H and O–H groups in total. The number of piperazine rings is 1. The van der Waals surface area contributed by atoms with Gasteiger partial charge >= 0.3 is 0 Å². The zero-order valence-corrected chi connectivity index (χ0v) is 35.3. The molecular weight excluding hydrogens is 748 g/mol. The summed E-state index contributed by atoms with van der Waals surface area (Å²) in [6.07, 6.45) is 12.6. The Hall–Kier alpha value is -2.67. The molecule has 1 spiro atoms. The Balaban J connectivity index is 1.14. The summed E-state index contributed by atoms with van der Waals surface area (Å²) in [6.45, 7) is 13.5. The first-order valence-corrected chi connectivity index (χ1v) is 23.0. The van der Waals surface area contributed by atoms with E-state index in [4.69, 9.17) is 25.8 Å². The molecule has 0 aromatic heterocycles. The Labute approximate surface area is 339 Å². The number of hydrogen-bond acceptors (Lipinski definition) is 9. The van der Waals surface area contributed by atoms with Crippen molar-refractivity contribution in [3.63, 3.8) is 0 Å². The summed E-state index contributed by atoms with van der Waals surface area (Å²) in [5, 5.41) is -0.0300. The van der Waals surface area contributed by atoms with Crippen LogP contribution in [0.25, 0.3) is 0 Å². The molecule has 8 rings (SSSR count). The molecule has 8 atom stereocenters. The third-order valence-corrected chi connectivity index (χ3v) is 16.6. The maximum Gasteiger partial charge on any atom is 0.264 e. The number of amides is 1. The van der Waals surface area contributed by atoms with E-state index >= 15 is 0 Å². The van der Waals surface area contributed by atoms with Gasteiger partial charge in [0.15, 0.2) is 0 Å². The van der Waals surface area contributed by atoms with Crippen molar-refractivity contribution in [3.05, 3.63) is 70.3 Å². The molecule has 0 radical (unpaired) electrons. The highest BCUT2D eigenvalue weighted by atomic mass is 35.5. The first kappa shape index (κ1) is 40.1. The molecule has 2 aromatic rings. The molecule has 2 aliphatic carbocycles. The fraction of sp³-hybridized carbons (Fsp3) is 0.659. The van der Waals surface area contributed by atoms with E-state index in [0.717, 1.165) is 114 Å². The average Bonchev–Trinajstić information content (AvgIpc) is 3.32. The summed E-state index contributed by atoms with van der Waals surface area (Å²) in [7, 11) is -2.10. The van der Waals surface area contributed by atoms with Crippen LogP contribution in [0.2, 0.25) is 5.02 Å². The molecule has 10 nitrogen and oxygen atoms in total. The molecule has 12 heteroatoms. The first-order valence-electron chi connectivity index (χ1n) is 21.1. The van der Waals surface area contributed by atoms with E-state index in [1.165, 1.54) is 11.1 Å². The second kappa shape index (κ2) is 16.2. The number of allylic oxidation sites excluding steroid dienone is 1. The number of nitrogens with one attached hydrogen (secondary N) is 1. The van der Waals surface area contributed by atoms with Crippen molar-refractivity contribution in [2.45, 2.75) is 101 Å². The third-order valence-electron chi connectivity index (χ3n) is 14.5. The molecule has 0 unspecified atom stereocenters. The summed E-state index contributed by atoms with van der Waals surface area (Å²) in [5.74, 6) is 0.480. The van der Waals surface area contributed by atoms with Gasteiger partial charge in [0.05, 0.1) is 23.6 Å². The fourth-order valence-electron chi connectivity index (χ4n) is 10.7. The molecular formula is C44H61ClN4O6S. The van der Waals surface area contributed by atoms with Crippen LogP contribution in [0.3, 0.4) is 0 Å². The Morgan fingerprint density at radius 1 is 1.04 bits per heavy atom. The summed E-state index contributed by atoms with van der Waals surface area (Å²) < 4.78 is 49.1. The summed E-state index contributed by atoms with van der Waals surface area (Å²) in [4.78, 5) is 21.4. The van der Waals surface area contributed by atoms with E-state index in [0.29, 0.717) is 36.7 Å². The van der Waals surface area contributed by atoms with Gasteiger partial charge in [-0.25, -0.2) is 13.1 Å². The van der Waals surface area contributed by atoms with Gasteiger partial charge in [-0.3, -0.25) is 14.6 Å². The highest BCUT2D eigenvalue weighted by Gasteiger charge is 2.50. The zero-order valence-electron chi connectivity index (χ0n) is 33.7. The second-order valence-corrected chi connectivity index (χ2v) is 20.3. The maximum atomic E-state index is 13.7. The number of ether oxygens (including phenoxy) is 3. The van der Waals surface area contributed by atoms with Gasteiger partial charge in [0.2, 0.25) is 10.0 Å². The van der Waals surface area contributed by atoms with Crippen LogP contribution in [0, 0.1) is 17.8 Å². The molecule has 6 aliphatic rings. The number of aryl methyl sites for hydroxylation is 1. The number of benzene rings is 2. The van der Waals surface area contributed by atoms with Crippen molar-refractivity contribution in [1.82, 2.24) is 14.5 Å². The standard InChI is InChI=1S/C44H61ClN4O6S/c1-30-7-5-17-44(53-4,28-47-18-20-48(21-19-47)37-15-22-54-31(2)23-37)39-12-9-35(39)26-49-27-43(16-6-8-33-24-36(45)11-13-38(33)43)29-55-41-14-10-34(25-40(41)49)42(50)46-56(51,52)32(30)3/h5,10-11,13-14,17,24-25,30-32,35,37,39H,6-9,12,15-16,18-23,26-29H2,1-4H3,(H,46,50)/b17-5+/t30-,31+,32+,35-,37+,39+,43-,44+/m0/s1. The number of sulfonamides is 1. The molecule has 4 aliphatic heterocycles. The van der Waals surface area contributed by atoms with E-state index < -0.39 is 26.8 Å². The van der Waals surface area contributed by atoms with Crippen molar-refractivity contribution in [2.24, 2.45) is 17.8 Å². The highest BCUT2D eigenvalue weighted by molar-refractivity contribution is 7.90. The number of halogens is 1. The van der Waals surface area contributed by atoms with E-state index in [1.807, 2.05) is 32.2 Å². The number of rotatable bonds is 4. The summed E-state index contributed by atoms with van der Waals surface area (Å²) in [6, 6.07) is 12.3. The molecule has 1 saturated carbocycles. The SMILES string of the molecule is CO[C@@]1(CN2CCN([C@@H]3CCO[C@H](C)C3)CC2)/C=C/C[C@H](C)[C@@H](C)S(=O)(=O)NC(=O)c2ccc3c(c2)N(C[C@@H]2CC[C@H]21)C[C@@]1(CCCc2cc(Cl)ccc21)CO3. The second-order valence-electron chi connectivity index (χ2n) is 17.9. The Bertz CT molecular complexity index is 1900. The first-order chi connectivity index (χ1) is 26.9. The lowest BCUT2D eigenvalue weighted by Crippen LogP contribution is -2.60. The van der Waals surface area contributed by atoms with Gasteiger partial charge in [-0.1, -0.05) is 36.7 Å². The topological polar surface area (TPSA) is 101 Å². The maximum absolute atomic E-state index is 13.7. The van der Waals surface area contributed by atoms with E-state index in [-0.39, 0.29) is 17.3 Å². The highest BCUT2D eigenvalue weighted by Crippen LogP contribution is 2.49. The lowest BCUT2D eigenvalue weighted by Gasteiger charge is -2.52. The van der Waals surface area contributed by atoms with Gasteiger partial charge in [-0.15, -0.1) is 0 Å². The van der Waals surface area contributed by atoms with Crippen LogP contribution in [-0.2, 0) is 31.3 Å². The lowest BCUT2D eigenvalue weighted by atomic mass is 9.63. The predicted octanol–water partition coefficient (Wildman–Crippen LogP) is 6.45. The van der Waals surface area contributed by atoms with E-state index in [1.54, 1.807) is 13.0 Å². The number of carbonyl (C=O) groups excluding carboxylic acids is 1. The minimum absolute atomic E-state index is 0.220. The van der Waals surface area contributed by atoms with Crippen molar-refractivity contribution >= 4 is 33.2 Å². The number of anilines is 1. The molecule has 2 aromatic carbocycles. The normalized spacial score (nSPS) is 35.9. The largest absolute Gasteiger partial charge is 0.490 e. The van der Waals surface area contributed by atoms with Crippen LogP contribution in [0.15, 0.2) is 48.6 Å². The monoisotopic (exact) mass is 808 g/mol. The van der Waals surface area contributed by atoms with Gasteiger partial charge in [-0.05, 0) is 124 Å². The number of hydrogen-bond donors (Lipinski definition) is 1. The minimum atomic E-state index is -3.96. The number of nitrogens with zero attached hydrogens (tertiary/aromatic N) is 3. The van der Waals surface area contributed by atoms with Gasteiger partial charge in [-0.2, -0.15) is 0 Å². The average molecular weight is 810 g/mol. The fourth-order valence-corrected chi connectivity index (χ4v) is 12.2. The molecule has 4 heterocycles. The van der Waals surface area contributed by atoms with Crippen LogP contribution in [0.5, 0.6) is 5.75 Å². The van der Waals surface area contributed by atoms with Gasteiger partial charge in [0, 0.05) is 81.6 Å². The van der Waals surface area contributed by atoms with E-state index in [9.17, 15) is 13.2 Å². The summed E-state index contributed by atoms with van der Waals surface area (Å²) >= 11 is 6.52. The zero-order chi connectivity index (χ0) is 39.2. The van der Waals surface area contributed by atoms with Crippen LogP contribution in [-0.4, -0.2) is 113 Å².